The second-order valence-electron chi connectivity index (χ2n) is 5.27. The lowest BCUT2D eigenvalue weighted by molar-refractivity contribution is 0.0929. The number of halogens is 1. The number of aromatic nitrogens is 2. The lowest BCUT2D eigenvalue weighted by Gasteiger charge is -2.31. The van der Waals surface area contributed by atoms with Gasteiger partial charge in [0.05, 0.1) is 6.20 Å². The zero-order valence-electron chi connectivity index (χ0n) is 11.8. The van der Waals surface area contributed by atoms with E-state index in [4.69, 9.17) is 16.3 Å². The first-order valence-electron chi connectivity index (χ1n) is 7.19. The molecule has 0 aliphatic carbocycles. The van der Waals surface area contributed by atoms with Crippen LogP contribution in [0.1, 0.15) is 18.4 Å². The number of nitrogens with zero attached hydrogens (tertiary/aromatic N) is 3. The Morgan fingerprint density at radius 1 is 1.24 bits per heavy atom. The number of hydrogen-bond acceptors (Lipinski definition) is 4. The van der Waals surface area contributed by atoms with Gasteiger partial charge in [-0.2, -0.15) is 0 Å². The van der Waals surface area contributed by atoms with Crippen LogP contribution in [0.25, 0.3) is 0 Å². The molecule has 5 heteroatoms. The van der Waals surface area contributed by atoms with Crippen LogP contribution < -0.4 is 4.74 Å². The highest BCUT2D eigenvalue weighted by Crippen LogP contribution is 2.19. The SMILES string of the molecule is Clc1cccc(CN2CCC(Oc3cnccn3)CC2)c1. The maximum atomic E-state index is 6.02. The fourth-order valence-electron chi connectivity index (χ4n) is 2.60. The number of likely N-dealkylation sites (tertiary alicyclic amines) is 1. The van der Waals surface area contributed by atoms with E-state index in [1.54, 1.807) is 18.6 Å². The Morgan fingerprint density at radius 3 is 2.81 bits per heavy atom. The van der Waals surface area contributed by atoms with Gasteiger partial charge in [-0.25, -0.2) is 4.98 Å². The predicted molar refractivity (Wildman–Crippen MR) is 82.4 cm³/mol. The van der Waals surface area contributed by atoms with Gasteiger partial charge in [0.2, 0.25) is 5.88 Å². The minimum atomic E-state index is 0.234. The van der Waals surface area contributed by atoms with Crippen LogP contribution in [0, 0.1) is 0 Å². The number of rotatable bonds is 4. The Morgan fingerprint density at radius 2 is 2.10 bits per heavy atom. The molecular weight excluding hydrogens is 286 g/mol. The van der Waals surface area contributed by atoms with Crippen LogP contribution in [0.5, 0.6) is 5.88 Å². The van der Waals surface area contributed by atoms with Gasteiger partial charge < -0.3 is 4.74 Å². The molecule has 0 unspecified atom stereocenters. The van der Waals surface area contributed by atoms with Crippen LogP contribution in [0.15, 0.2) is 42.9 Å². The zero-order chi connectivity index (χ0) is 14.5. The van der Waals surface area contributed by atoms with E-state index in [1.165, 1.54) is 5.56 Å². The van der Waals surface area contributed by atoms with Crippen LogP contribution in [-0.2, 0) is 6.54 Å². The molecule has 1 saturated heterocycles. The Balaban J connectivity index is 1.49. The molecule has 0 spiro atoms. The van der Waals surface area contributed by atoms with Gasteiger partial charge in [-0.1, -0.05) is 23.7 Å². The number of hydrogen-bond donors (Lipinski definition) is 0. The van der Waals surface area contributed by atoms with Crippen LogP contribution in [0.4, 0.5) is 0 Å². The third-order valence-corrected chi connectivity index (χ3v) is 3.89. The summed E-state index contributed by atoms with van der Waals surface area (Å²) in [7, 11) is 0. The van der Waals surface area contributed by atoms with E-state index in [1.807, 2.05) is 18.2 Å². The van der Waals surface area contributed by atoms with Crippen molar-refractivity contribution >= 4 is 11.6 Å². The van der Waals surface area contributed by atoms with Crippen molar-refractivity contribution in [3.05, 3.63) is 53.4 Å². The molecule has 0 atom stereocenters. The Kier molecular flexibility index (Phi) is 4.68. The fourth-order valence-corrected chi connectivity index (χ4v) is 2.81. The highest BCUT2D eigenvalue weighted by molar-refractivity contribution is 6.30. The Labute approximate surface area is 129 Å². The maximum Gasteiger partial charge on any atom is 0.232 e. The molecule has 0 N–H and O–H groups in total. The molecule has 1 fully saturated rings. The summed E-state index contributed by atoms with van der Waals surface area (Å²) in [5.41, 5.74) is 1.26. The van der Waals surface area contributed by atoms with Crippen molar-refractivity contribution in [2.45, 2.75) is 25.5 Å². The average molecular weight is 304 g/mol. The summed E-state index contributed by atoms with van der Waals surface area (Å²) in [4.78, 5) is 10.6. The van der Waals surface area contributed by atoms with Gasteiger partial charge in [0, 0.05) is 37.1 Å². The van der Waals surface area contributed by atoms with E-state index in [0.717, 1.165) is 37.5 Å². The molecule has 1 aliphatic heterocycles. The summed E-state index contributed by atoms with van der Waals surface area (Å²) in [6.07, 6.45) is 7.23. The van der Waals surface area contributed by atoms with E-state index >= 15 is 0 Å². The highest BCUT2D eigenvalue weighted by Gasteiger charge is 2.20. The molecule has 1 aromatic carbocycles. The van der Waals surface area contributed by atoms with E-state index in [9.17, 15) is 0 Å². The largest absolute Gasteiger partial charge is 0.473 e. The molecule has 0 amide bonds. The van der Waals surface area contributed by atoms with Gasteiger partial charge in [-0.05, 0) is 30.5 Å². The first-order valence-corrected chi connectivity index (χ1v) is 7.57. The summed E-state index contributed by atoms with van der Waals surface area (Å²) >= 11 is 6.02. The van der Waals surface area contributed by atoms with Crippen LogP contribution in [0.2, 0.25) is 5.02 Å². The van der Waals surface area contributed by atoms with Gasteiger partial charge in [0.1, 0.15) is 6.10 Å². The minimum Gasteiger partial charge on any atom is -0.473 e. The zero-order valence-corrected chi connectivity index (χ0v) is 12.5. The molecule has 0 saturated carbocycles. The quantitative estimate of drug-likeness (QED) is 0.869. The molecule has 0 radical (unpaired) electrons. The third kappa shape index (κ3) is 4.16. The summed E-state index contributed by atoms with van der Waals surface area (Å²) in [5, 5.41) is 0.799. The summed E-state index contributed by atoms with van der Waals surface area (Å²) in [5.74, 6) is 0.616. The monoisotopic (exact) mass is 303 g/mol. The van der Waals surface area contributed by atoms with Gasteiger partial charge >= 0.3 is 0 Å². The first-order chi connectivity index (χ1) is 10.3. The molecule has 3 rings (SSSR count). The highest BCUT2D eigenvalue weighted by atomic mass is 35.5. The molecule has 21 heavy (non-hydrogen) atoms. The maximum absolute atomic E-state index is 6.02. The first kappa shape index (κ1) is 14.3. The second kappa shape index (κ2) is 6.87. The topological polar surface area (TPSA) is 38.2 Å². The molecular formula is C16H18ClN3O. The molecule has 2 heterocycles. The second-order valence-corrected chi connectivity index (χ2v) is 5.70. The smallest absolute Gasteiger partial charge is 0.232 e. The third-order valence-electron chi connectivity index (χ3n) is 3.66. The van der Waals surface area contributed by atoms with Crippen molar-refractivity contribution in [2.24, 2.45) is 0 Å². The fraction of sp³-hybridized carbons (Fsp3) is 0.375. The molecule has 0 bridgehead atoms. The minimum absolute atomic E-state index is 0.234. The van der Waals surface area contributed by atoms with Crippen molar-refractivity contribution < 1.29 is 4.74 Å². The van der Waals surface area contributed by atoms with Crippen molar-refractivity contribution in [1.82, 2.24) is 14.9 Å². The molecule has 1 aliphatic rings. The van der Waals surface area contributed by atoms with Crippen molar-refractivity contribution in [2.75, 3.05) is 13.1 Å². The molecule has 1 aromatic heterocycles. The molecule has 110 valence electrons. The summed E-state index contributed by atoms with van der Waals surface area (Å²) in [6.45, 7) is 2.99. The number of ether oxygens (including phenoxy) is 1. The molecule has 4 nitrogen and oxygen atoms in total. The van der Waals surface area contributed by atoms with E-state index in [2.05, 4.69) is 20.9 Å². The Hall–Kier alpha value is -1.65. The van der Waals surface area contributed by atoms with Crippen LogP contribution >= 0.6 is 11.6 Å². The Bertz CT molecular complexity index is 571. The normalized spacial score (nSPS) is 16.8. The lowest BCUT2D eigenvalue weighted by Crippen LogP contribution is -2.37. The molecule has 2 aromatic rings. The van der Waals surface area contributed by atoms with Crippen molar-refractivity contribution in [3.8, 4) is 5.88 Å². The average Bonchev–Trinajstić information content (AvgIpc) is 2.50. The summed E-state index contributed by atoms with van der Waals surface area (Å²) in [6, 6.07) is 8.06. The number of benzene rings is 1. The van der Waals surface area contributed by atoms with E-state index in [0.29, 0.717) is 5.88 Å². The van der Waals surface area contributed by atoms with E-state index in [-0.39, 0.29) is 6.10 Å². The van der Waals surface area contributed by atoms with Crippen LogP contribution in [0.3, 0.4) is 0 Å². The van der Waals surface area contributed by atoms with Gasteiger partial charge in [0.25, 0.3) is 0 Å². The van der Waals surface area contributed by atoms with E-state index < -0.39 is 0 Å². The van der Waals surface area contributed by atoms with Crippen molar-refractivity contribution in [1.29, 1.82) is 0 Å². The standard InChI is InChI=1S/C16H18ClN3O/c17-14-3-1-2-13(10-14)12-20-8-4-15(5-9-20)21-16-11-18-6-7-19-16/h1-3,6-7,10-11,15H,4-5,8-9,12H2. The van der Waals surface area contributed by atoms with Gasteiger partial charge in [0.15, 0.2) is 0 Å². The van der Waals surface area contributed by atoms with Gasteiger partial charge in [-0.3, -0.25) is 9.88 Å². The van der Waals surface area contributed by atoms with Crippen molar-refractivity contribution in [3.63, 3.8) is 0 Å². The lowest BCUT2D eigenvalue weighted by atomic mass is 10.1. The van der Waals surface area contributed by atoms with Gasteiger partial charge in [-0.15, -0.1) is 0 Å². The summed E-state index contributed by atoms with van der Waals surface area (Å²) < 4.78 is 5.85. The predicted octanol–water partition coefficient (Wildman–Crippen LogP) is 3.17. The van der Waals surface area contributed by atoms with Crippen LogP contribution in [-0.4, -0.2) is 34.1 Å². The number of piperidine rings is 1.